The Hall–Kier alpha value is -2.74. The number of rotatable bonds is 4. The van der Waals surface area contributed by atoms with Crippen molar-refractivity contribution in [1.82, 2.24) is 4.98 Å². The zero-order valence-electron chi connectivity index (χ0n) is 14.4. The minimum atomic E-state index is -4.01. The molecule has 3 aromatic rings. The fourth-order valence-electron chi connectivity index (χ4n) is 2.68. The molecule has 0 atom stereocenters. The van der Waals surface area contributed by atoms with Gasteiger partial charge in [-0.2, -0.15) is 0 Å². The number of amidine groups is 1. The number of H-pyrrole nitrogens is 1. The van der Waals surface area contributed by atoms with Crippen LogP contribution in [0.4, 0.5) is 0 Å². The Bertz CT molecular complexity index is 1070. The number of hydrogen-bond acceptors (Lipinski definition) is 6. The average molecular weight is 426 g/mol. The molecular formula is C17H16AsBN4O4. The second kappa shape index (κ2) is 7.11. The summed E-state index contributed by atoms with van der Waals surface area (Å²) >= 11 is -4.01. The molecule has 2 aromatic carbocycles. The molecule has 0 saturated carbocycles. The van der Waals surface area contributed by atoms with E-state index in [1.807, 2.05) is 43.5 Å². The van der Waals surface area contributed by atoms with Crippen molar-refractivity contribution in [2.24, 2.45) is 15.9 Å². The Morgan fingerprint density at radius 2 is 1.81 bits per heavy atom. The van der Waals surface area contributed by atoms with Gasteiger partial charge in [0.15, 0.2) is 0 Å². The number of para-hydroxylation sites is 1. The van der Waals surface area contributed by atoms with Gasteiger partial charge in [-0.25, -0.2) is 0 Å². The van der Waals surface area contributed by atoms with Crippen molar-refractivity contribution in [2.75, 3.05) is 0 Å². The monoisotopic (exact) mass is 426 g/mol. The van der Waals surface area contributed by atoms with Crippen LogP contribution in [0.15, 0.2) is 71.0 Å². The summed E-state index contributed by atoms with van der Waals surface area (Å²) in [6.07, 6.45) is 1.85. The van der Waals surface area contributed by atoms with Crippen molar-refractivity contribution >= 4 is 48.5 Å². The van der Waals surface area contributed by atoms with E-state index in [0.717, 1.165) is 16.5 Å². The van der Waals surface area contributed by atoms with Gasteiger partial charge in [-0.3, -0.25) is 0 Å². The van der Waals surface area contributed by atoms with Gasteiger partial charge < -0.3 is 0 Å². The van der Waals surface area contributed by atoms with E-state index in [1.165, 1.54) is 0 Å². The standard InChI is InChI=1S/C17H16AsBN4O4/c1-12(15-11-21-16-10-6-5-9-14(15)16)22-23-17(20)25-19-26-18(24,27-19)13-7-3-2-4-8-13/h2-11,21H,1H3,(H2,20,23)/b22-12-. The van der Waals surface area contributed by atoms with E-state index < -0.39 is 21.5 Å². The fourth-order valence-corrected chi connectivity index (χ4v) is 5.48. The predicted octanol–water partition coefficient (Wildman–Crippen LogP) is 1.53. The van der Waals surface area contributed by atoms with Crippen LogP contribution in [-0.2, 0) is 15.7 Å². The van der Waals surface area contributed by atoms with E-state index >= 15 is 0 Å². The Kier molecular flexibility index (Phi) is 4.65. The van der Waals surface area contributed by atoms with Gasteiger partial charge in [-0.15, -0.1) is 0 Å². The molecule has 2 heterocycles. The van der Waals surface area contributed by atoms with Crippen LogP contribution in [0.2, 0.25) is 0 Å². The molecule has 1 aromatic heterocycles. The first kappa shape index (κ1) is 17.7. The van der Waals surface area contributed by atoms with E-state index in [4.69, 9.17) is 17.7 Å². The SMILES string of the molecule is C/C(=N/N=C(/N)OB1O[As](=O)(c2ccccc2)O1)c1c[nH]c2ccccc12. The molecular weight excluding hydrogens is 410 g/mol. The van der Waals surface area contributed by atoms with Crippen LogP contribution >= 0.6 is 0 Å². The van der Waals surface area contributed by atoms with Crippen LogP contribution in [0, 0.1) is 0 Å². The second-order valence-corrected chi connectivity index (χ2v) is 9.88. The summed E-state index contributed by atoms with van der Waals surface area (Å²) in [7, 11) is -1.15. The molecule has 0 radical (unpaired) electrons. The number of nitrogens with zero attached hydrogens (tertiary/aromatic N) is 2. The third-order valence-corrected chi connectivity index (χ3v) is 7.86. The van der Waals surface area contributed by atoms with Crippen molar-refractivity contribution in [3.8, 4) is 0 Å². The van der Waals surface area contributed by atoms with E-state index in [-0.39, 0.29) is 6.02 Å². The topological polar surface area (TPSA) is 111 Å². The first-order chi connectivity index (χ1) is 13.0. The van der Waals surface area contributed by atoms with Gasteiger partial charge in [0.1, 0.15) is 0 Å². The maximum atomic E-state index is 12.4. The summed E-state index contributed by atoms with van der Waals surface area (Å²) in [5, 5.41) is 8.95. The van der Waals surface area contributed by atoms with Crippen molar-refractivity contribution in [3.05, 3.63) is 66.4 Å². The van der Waals surface area contributed by atoms with Gasteiger partial charge in [0.25, 0.3) is 0 Å². The van der Waals surface area contributed by atoms with Crippen LogP contribution in [0.25, 0.3) is 10.9 Å². The average Bonchev–Trinajstić information content (AvgIpc) is 3.10. The van der Waals surface area contributed by atoms with Crippen molar-refractivity contribution in [1.29, 1.82) is 0 Å². The van der Waals surface area contributed by atoms with Crippen molar-refractivity contribution < 1.29 is 15.7 Å². The van der Waals surface area contributed by atoms with Crippen LogP contribution in [0.5, 0.6) is 0 Å². The van der Waals surface area contributed by atoms with Gasteiger partial charge in [-0.1, -0.05) is 0 Å². The summed E-state index contributed by atoms with van der Waals surface area (Å²) in [5.41, 5.74) is 8.27. The molecule has 3 N–H and O–H groups in total. The van der Waals surface area contributed by atoms with Crippen LogP contribution in [0.3, 0.4) is 0 Å². The molecule has 136 valence electrons. The van der Waals surface area contributed by atoms with Gasteiger partial charge in [0.2, 0.25) is 0 Å². The number of nitrogens with two attached hydrogens (primary N) is 1. The van der Waals surface area contributed by atoms with E-state index in [0.29, 0.717) is 10.1 Å². The molecule has 0 aliphatic carbocycles. The first-order valence-electron chi connectivity index (χ1n) is 8.18. The number of aromatic amines is 1. The normalized spacial score (nSPS) is 17.0. The minimum absolute atomic E-state index is 0.242. The summed E-state index contributed by atoms with van der Waals surface area (Å²) in [6, 6.07) is 16.3. The molecule has 10 heteroatoms. The Morgan fingerprint density at radius 3 is 2.59 bits per heavy atom. The summed E-state index contributed by atoms with van der Waals surface area (Å²) < 4.78 is 28.7. The first-order valence-corrected chi connectivity index (χ1v) is 11.4. The quantitative estimate of drug-likeness (QED) is 0.285. The van der Waals surface area contributed by atoms with Gasteiger partial charge in [0.05, 0.1) is 0 Å². The Balaban J connectivity index is 1.40. The number of fused-ring (bicyclic) bond motifs is 1. The number of aromatic nitrogens is 1. The van der Waals surface area contributed by atoms with Crippen molar-refractivity contribution in [3.63, 3.8) is 0 Å². The maximum absolute atomic E-state index is 12.4. The Labute approximate surface area is 158 Å². The molecule has 4 rings (SSSR count). The summed E-state index contributed by atoms with van der Waals surface area (Å²) in [5.74, 6) is 0. The van der Waals surface area contributed by atoms with E-state index in [2.05, 4.69) is 15.2 Å². The number of benzene rings is 2. The zero-order valence-corrected chi connectivity index (χ0v) is 16.3. The molecule has 0 amide bonds. The molecule has 0 bridgehead atoms. The molecule has 27 heavy (non-hydrogen) atoms. The van der Waals surface area contributed by atoms with Gasteiger partial charge >= 0.3 is 158 Å². The third-order valence-electron chi connectivity index (χ3n) is 4.02. The molecule has 1 fully saturated rings. The molecule has 0 unspecified atom stereocenters. The molecule has 0 spiro atoms. The number of hydrogen-bond donors (Lipinski definition) is 2. The van der Waals surface area contributed by atoms with Gasteiger partial charge in [0, 0.05) is 0 Å². The number of nitrogens with one attached hydrogen (secondary N) is 1. The zero-order chi connectivity index (χ0) is 18.9. The third kappa shape index (κ3) is 3.57. The molecule has 1 aliphatic heterocycles. The molecule has 1 saturated heterocycles. The summed E-state index contributed by atoms with van der Waals surface area (Å²) in [4.78, 5) is 3.17. The molecule has 8 nitrogen and oxygen atoms in total. The molecule has 1 aliphatic rings. The van der Waals surface area contributed by atoms with E-state index in [1.54, 1.807) is 24.3 Å². The fraction of sp³-hybridized carbons (Fsp3) is 0.0588. The Morgan fingerprint density at radius 1 is 1.11 bits per heavy atom. The second-order valence-electron chi connectivity index (χ2n) is 5.82. The summed E-state index contributed by atoms with van der Waals surface area (Å²) in [6.45, 7) is 1.81. The van der Waals surface area contributed by atoms with Crippen LogP contribution in [0.1, 0.15) is 12.5 Å². The van der Waals surface area contributed by atoms with Crippen LogP contribution < -0.4 is 10.1 Å². The predicted molar refractivity (Wildman–Crippen MR) is 104 cm³/mol. The van der Waals surface area contributed by atoms with Crippen molar-refractivity contribution in [2.45, 2.75) is 6.92 Å². The van der Waals surface area contributed by atoms with Gasteiger partial charge in [-0.05, 0) is 0 Å². The van der Waals surface area contributed by atoms with Crippen LogP contribution in [-0.4, -0.2) is 38.2 Å². The van der Waals surface area contributed by atoms with E-state index in [9.17, 15) is 3.74 Å².